The summed E-state index contributed by atoms with van der Waals surface area (Å²) in [4.78, 5) is 12.9. The molecule has 4 N–H and O–H groups in total. The number of rotatable bonds is 2. The van der Waals surface area contributed by atoms with Crippen LogP contribution in [0.3, 0.4) is 0 Å². The minimum absolute atomic E-state index is 0.188. The van der Waals surface area contributed by atoms with Crippen molar-refractivity contribution >= 4 is 51.6 Å². The third kappa shape index (κ3) is 3.04. The highest BCUT2D eigenvalue weighted by Gasteiger charge is 2.25. The number of nitrogen functional groups attached to an aromatic ring is 2. The van der Waals surface area contributed by atoms with Crippen molar-refractivity contribution < 1.29 is 0 Å². The Bertz CT molecular complexity index is 915. The van der Waals surface area contributed by atoms with Gasteiger partial charge in [-0.3, -0.25) is 0 Å². The molecule has 4 rings (SSSR count). The number of nitrogens with zero attached hydrogens (tertiary/aromatic N) is 4. The molecule has 1 aromatic heterocycles. The number of hydrogen-bond acceptors (Lipinski definition) is 6. The molecule has 2 aliphatic rings. The van der Waals surface area contributed by atoms with E-state index in [4.69, 9.17) is 34.7 Å². The van der Waals surface area contributed by atoms with E-state index >= 15 is 0 Å². The molecule has 26 heavy (non-hydrogen) atoms. The molecule has 1 aromatic carbocycles. The fourth-order valence-electron chi connectivity index (χ4n) is 3.52. The molecule has 2 heterocycles. The van der Waals surface area contributed by atoms with Gasteiger partial charge in [-0.1, -0.05) is 35.3 Å². The number of aromatic nitrogens is 2. The number of nitrogens with two attached hydrogens (primary N) is 2. The molecule has 1 radical (unpaired) electrons. The van der Waals surface area contributed by atoms with Crippen LogP contribution in [0.1, 0.15) is 6.42 Å². The molecule has 1 aliphatic carbocycles. The van der Waals surface area contributed by atoms with Crippen LogP contribution in [0.25, 0.3) is 10.9 Å². The maximum Gasteiger partial charge on any atom is 0.222 e. The summed E-state index contributed by atoms with van der Waals surface area (Å²) in [6.45, 7) is 3.27. The molecule has 1 saturated heterocycles. The standard InChI is InChI=1S/C18H19Cl2N6/c19-11-3-1-4-12(20)16(11)26-9-7-25(8-10-26)14-6-2-5-13-15(14)17(21)24-18(22)23-13/h2-6H,1,7-10H2,(H4,21,22,23,24). The Morgan fingerprint density at radius 1 is 0.962 bits per heavy atom. The topological polar surface area (TPSA) is 84.3 Å². The average molecular weight is 390 g/mol. The van der Waals surface area contributed by atoms with Crippen molar-refractivity contribution in [1.29, 1.82) is 0 Å². The minimum atomic E-state index is 0.188. The number of halogens is 2. The maximum absolute atomic E-state index is 6.38. The lowest BCUT2D eigenvalue weighted by Crippen LogP contribution is -2.46. The fourth-order valence-corrected chi connectivity index (χ4v) is 4.19. The molecular weight excluding hydrogens is 371 g/mol. The van der Waals surface area contributed by atoms with Crippen molar-refractivity contribution in [2.24, 2.45) is 0 Å². The smallest absolute Gasteiger partial charge is 0.222 e. The highest BCUT2D eigenvalue weighted by atomic mass is 35.5. The van der Waals surface area contributed by atoms with Crippen molar-refractivity contribution in [3.63, 3.8) is 0 Å². The van der Waals surface area contributed by atoms with Crippen molar-refractivity contribution in [1.82, 2.24) is 14.9 Å². The summed E-state index contributed by atoms with van der Waals surface area (Å²) in [6.07, 6.45) is 4.75. The van der Waals surface area contributed by atoms with Gasteiger partial charge in [0, 0.05) is 37.6 Å². The molecule has 6 nitrogen and oxygen atoms in total. The fraction of sp³-hybridized carbons (Fsp3) is 0.278. The van der Waals surface area contributed by atoms with Gasteiger partial charge in [-0.15, -0.1) is 0 Å². The van der Waals surface area contributed by atoms with Gasteiger partial charge in [0.2, 0.25) is 5.95 Å². The van der Waals surface area contributed by atoms with Crippen LogP contribution in [0.5, 0.6) is 0 Å². The summed E-state index contributed by atoms with van der Waals surface area (Å²) in [5, 5.41) is 2.30. The summed E-state index contributed by atoms with van der Waals surface area (Å²) in [5.74, 6) is 0.595. The number of allylic oxidation sites excluding steroid dienone is 3. The van der Waals surface area contributed by atoms with Gasteiger partial charge < -0.3 is 21.3 Å². The molecule has 0 spiro atoms. The van der Waals surface area contributed by atoms with E-state index < -0.39 is 0 Å². The van der Waals surface area contributed by atoms with E-state index in [1.54, 1.807) is 0 Å². The lowest BCUT2D eigenvalue weighted by Gasteiger charge is -2.39. The zero-order valence-electron chi connectivity index (χ0n) is 14.1. The molecule has 1 fully saturated rings. The number of fused-ring (bicyclic) bond motifs is 1. The number of hydrogen-bond donors (Lipinski definition) is 2. The molecule has 2 aromatic rings. The summed E-state index contributed by atoms with van der Waals surface area (Å²) < 4.78 is 0. The lowest BCUT2D eigenvalue weighted by atomic mass is 10.1. The quantitative estimate of drug-likeness (QED) is 0.820. The second kappa shape index (κ2) is 6.85. The number of piperazine rings is 1. The molecule has 135 valence electrons. The first-order chi connectivity index (χ1) is 12.5. The Morgan fingerprint density at radius 3 is 2.42 bits per heavy atom. The van der Waals surface area contributed by atoms with Crippen LogP contribution in [-0.4, -0.2) is 41.0 Å². The summed E-state index contributed by atoms with van der Waals surface area (Å²) in [6, 6.07) is 5.91. The van der Waals surface area contributed by atoms with Crippen LogP contribution >= 0.6 is 23.2 Å². The van der Waals surface area contributed by atoms with Crippen LogP contribution in [0, 0.1) is 6.42 Å². The van der Waals surface area contributed by atoms with E-state index in [1.165, 1.54) is 0 Å². The van der Waals surface area contributed by atoms with Crippen molar-refractivity contribution in [3.8, 4) is 0 Å². The number of benzene rings is 1. The van der Waals surface area contributed by atoms with Crippen molar-refractivity contribution in [2.75, 3.05) is 42.5 Å². The van der Waals surface area contributed by atoms with Crippen LogP contribution in [0.15, 0.2) is 40.0 Å². The van der Waals surface area contributed by atoms with Gasteiger partial charge in [0.15, 0.2) is 0 Å². The molecule has 8 heteroatoms. The first-order valence-electron chi connectivity index (χ1n) is 8.45. The van der Waals surface area contributed by atoms with Gasteiger partial charge >= 0.3 is 0 Å². The predicted octanol–water partition coefficient (Wildman–Crippen LogP) is 3.10. The van der Waals surface area contributed by atoms with Gasteiger partial charge in [-0.2, -0.15) is 4.98 Å². The second-order valence-electron chi connectivity index (χ2n) is 6.30. The van der Waals surface area contributed by atoms with Crippen molar-refractivity contribution in [2.45, 2.75) is 6.42 Å². The molecule has 0 saturated carbocycles. The van der Waals surface area contributed by atoms with E-state index in [0.29, 0.717) is 5.82 Å². The zero-order chi connectivity index (χ0) is 18.3. The van der Waals surface area contributed by atoms with Gasteiger partial charge in [0.25, 0.3) is 0 Å². The van der Waals surface area contributed by atoms with Gasteiger partial charge in [-0.25, -0.2) is 4.98 Å². The summed E-state index contributed by atoms with van der Waals surface area (Å²) in [7, 11) is 0. The Hall–Kier alpha value is -2.18. The minimum Gasteiger partial charge on any atom is -0.383 e. The summed E-state index contributed by atoms with van der Waals surface area (Å²) in [5.41, 5.74) is 14.5. The second-order valence-corrected chi connectivity index (χ2v) is 7.12. The van der Waals surface area contributed by atoms with E-state index in [2.05, 4.69) is 19.8 Å². The third-order valence-corrected chi connectivity index (χ3v) is 5.40. The van der Waals surface area contributed by atoms with Crippen LogP contribution < -0.4 is 16.4 Å². The first kappa shape index (κ1) is 17.2. The maximum atomic E-state index is 6.38. The first-order valence-corrected chi connectivity index (χ1v) is 9.21. The van der Waals surface area contributed by atoms with Crippen molar-refractivity contribution in [3.05, 3.63) is 46.5 Å². The van der Waals surface area contributed by atoms with Gasteiger partial charge in [0.05, 0.1) is 27.3 Å². The average Bonchev–Trinajstić information content (AvgIpc) is 2.61. The normalized spacial score (nSPS) is 18.5. The Morgan fingerprint density at radius 2 is 1.69 bits per heavy atom. The Balaban J connectivity index is 1.60. The molecule has 0 bridgehead atoms. The monoisotopic (exact) mass is 389 g/mol. The van der Waals surface area contributed by atoms with E-state index in [-0.39, 0.29) is 5.95 Å². The van der Waals surface area contributed by atoms with Crippen LogP contribution in [0.2, 0.25) is 0 Å². The zero-order valence-corrected chi connectivity index (χ0v) is 15.6. The highest BCUT2D eigenvalue weighted by Crippen LogP contribution is 2.35. The molecule has 0 atom stereocenters. The van der Waals surface area contributed by atoms with E-state index in [1.807, 2.05) is 30.7 Å². The lowest BCUT2D eigenvalue weighted by molar-refractivity contribution is 0.327. The predicted molar refractivity (Wildman–Crippen MR) is 108 cm³/mol. The summed E-state index contributed by atoms with van der Waals surface area (Å²) >= 11 is 12.8. The Kier molecular flexibility index (Phi) is 4.54. The third-order valence-electron chi connectivity index (χ3n) is 4.73. The largest absolute Gasteiger partial charge is 0.383 e. The highest BCUT2D eigenvalue weighted by molar-refractivity contribution is 6.36. The van der Waals surface area contributed by atoms with Crippen LogP contribution in [0.4, 0.5) is 17.5 Å². The van der Waals surface area contributed by atoms with E-state index in [9.17, 15) is 0 Å². The molecule has 1 aliphatic heterocycles. The molecule has 0 unspecified atom stereocenters. The number of anilines is 3. The van der Waals surface area contributed by atoms with Crippen LogP contribution in [-0.2, 0) is 0 Å². The molecular formula is C18H19Cl2N6. The molecule has 0 amide bonds. The SMILES string of the molecule is Nc1nc(N)c2c(N3CCN(C4=C(Cl)[CH]CC=C4Cl)CC3)cccc2n1. The van der Waals surface area contributed by atoms with Gasteiger partial charge in [0.1, 0.15) is 5.82 Å². The Labute approximate surface area is 162 Å². The van der Waals surface area contributed by atoms with E-state index in [0.717, 1.165) is 65.0 Å². The van der Waals surface area contributed by atoms with Gasteiger partial charge in [-0.05, 0) is 18.6 Å².